The molecule has 0 aliphatic carbocycles. The zero-order chi connectivity index (χ0) is 16.0. The molecule has 0 saturated carbocycles. The maximum Gasteiger partial charge on any atom is 0.406 e. The van der Waals surface area contributed by atoms with Crippen LogP contribution >= 0.6 is 11.6 Å². The van der Waals surface area contributed by atoms with Gasteiger partial charge in [0.25, 0.3) is 5.91 Å². The molecule has 0 aromatic carbocycles. The Bertz CT molecular complexity index is 599. The second-order valence-corrected chi connectivity index (χ2v) is 5.45. The minimum atomic E-state index is -4.92. The fourth-order valence-electron chi connectivity index (χ4n) is 2.41. The molecule has 0 spiro atoms. The summed E-state index contributed by atoms with van der Waals surface area (Å²) >= 11 is 5.73. The van der Waals surface area contributed by atoms with Gasteiger partial charge < -0.3 is 14.6 Å². The minimum Gasteiger partial charge on any atom is -0.481 e. The van der Waals surface area contributed by atoms with Crippen molar-refractivity contribution in [3.8, 4) is 0 Å². The van der Waals surface area contributed by atoms with Gasteiger partial charge in [-0.2, -0.15) is 13.2 Å². The van der Waals surface area contributed by atoms with E-state index in [1.54, 1.807) is 0 Å². The summed E-state index contributed by atoms with van der Waals surface area (Å²) in [6.07, 6.45) is -4.13. The van der Waals surface area contributed by atoms with Crippen molar-refractivity contribution in [2.24, 2.45) is 12.5 Å². The molecule has 1 amide bonds. The van der Waals surface area contributed by atoms with Gasteiger partial charge in [0.05, 0.1) is 5.02 Å². The van der Waals surface area contributed by atoms with Crippen molar-refractivity contribution >= 4 is 23.5 Å². The number of carbonyl (C=O) groups is 2. The molecule has 1 fully saturated rings. The number of aliphatic carboxylic acids is 1. The molecule has 2 heterocycles. The molecule has 0 bridgehead atoms. The van der Waals surface area contributed by atoms with E-state index in [2.05, 4.69) is 0 Å². The molecule has 9 heteroatoms. The van der Waals surface area contributed by atoms with E-state index in [9.17, 15) is 22.8 Å². The van der Waals surface area contributed by atoms with Crippen LogP contribution in [0.2, 0.25) is 5.02 Å². The van der Waals surface area contributed by atoms with Crippen molar-refractivity contribution in [1.82, 2.24) is 9.47 Å². The highest BCUT2D eigenvalue weighted by Crippen LogP contribution is 2.46. The maximum absolute atomic E-state index is 13.0. The lowest BCUT2D eigenvalue weighted by Gasteiger charge is -2.27. The van der Waals surface area contributed by atoms with Gasteiger partial charge in [-0.3, -0.25) is 9.59 Å². The van der Waals surface area contributed by atoms with E-state index in [0.29, 0.717) is 0 Å². The van der Waals surface area contributed by atoms with Gasteiger partial charge in [0.2, 0.25) is 0 Å². The van der Waals surface area contributed by atoms with Crippen LogP contribution in [0.3, 0.4) is 0 Å². The molecule has 1 atom stereocenters. The molecule has 1 saturated heterocycles. The Labute approximate surface area is 122 Å². The SMILES string of the molecule is Cn1cc(Cl)cc1C(=O)N1CCC(C(=O)O)(C(F)(F)F)C1. The Hall–Kier alpha value is -1.70. The Kier molecular flexibility index (Phi) is 3.69. The van der Waals surface area contributed by atoms with Gasteiger partial charge in [0.1, 0.15) is 5.69 Å². The summed E-state index contributed by atoms with van der Waals surface area (Å²) in [7, 11) is 1.53. The molecule has 21 heavy (non-hydrogen) atoms. The zero-order valence-electron chi connectivity index (χ0n) is 10.9. The lowest BCUT2D eigenvalue weighted by Crippen LogP contribution is -2.47. The third-order valence-corrected chi connectivity index (χ3v) is 3.91. The number of aryl methyl sites for hydroxylation is 1. The Morgan fingerprint density at radius 1 is 1.43 bits per heavy atom. The summed E-state index contributed by atoms with van der Waals surface area (Å²) in [5, 5.41) is 9.22. The average Bonchev–Trinajstić information content (AvgIpc) is 2.92. The van der Waals surface area contributed by atoms with Gasteiger partial charge in [0.15, 0.2) is 5.41 Å². The number of rotatable bonds is 2. The fraction of sp³-hybridized carbons (Fsp3) is 0.500. The molecule has 2 rings (SSSR count). The summed E-state index contributed by atoms with van der Waals surface area (Å²) < 4.78 is 40.5. The second-order valence-electron chi connectivity index (χ2n) is 5.02. The van der Waals surface area contributed by atoms with E-state index < -0.39 is 36.4 Å². The summed E-state index contributed by atoms with van der Waals surface area (Å²) in [6, 6.07) is 1.33. The van der Waals surface area contributed by atoms with E-state index in [1.807, 2.05) is 0 Å². The number of carboxylic acid groups (broad SMARTS) is 1. The van der Waals surface area contributed by atoms with Crippen LogP contribution in [0.4, 0.5) is 13.2 Å². The van der Waals surface area contributed by atoms with Crippen molar-refractivity contribution in [2.45, 2.75) is 12.6 Å². The summed E-state index contributed by atoms with van der Waals surface area (Å²) in [5.74, 6) is -2.63. The van der Waals surface area contributed by atoms with Crippen LogP contribution in [0, 0.1) is 5.41 Å². The predicted octanol–water partition coefficient (Wildman–Crippen LogP) is 2.16. The first-order valence-electron chi connectivity index (χ1n) is 6.00. The van der Waals surface area contributed by atoms with Crippen molar-refractivity contribution in [3.05, 3.63) is 23.0 Å². The van der Waals surface area contributed by atoms with Gasteiger partial charge in [-0.15, -0.1) is 0 Å². The number of hydrogen-bond acceptors (Lipinski definition) is 2. The normalized spacial score (nSPS) is 22.6. The number of hydrogen-bond donors (Lipinski definition) is 1. The standard InChI is InChI=1S/C12H12ClF3N2O3/c1-17-5-7(13)4-8(17)9(19)18-3-2-11(6-18,10(20)21)12(14,15)16/h4-5H,2-3,6H2,1H3,(H,20,21). The first-order chi connectivity index (χ1) is 9.58. The van der Waals surface area contributed by atoms with Gasteiger partial charge in [-0.05, 0) is 12.5 Å². The number of carbonyl (C=O) groups excluding carboxylic acids is 1. The van der Waals surface area contributed by atoms with Gasteiger partial charge in [0, 0.05) is 26.3 Å². The number of nitrogens with zero attached hydrogens (tertiary/aromatic N) is 2. The van der Waals surface area contributed by atoms with E-state index >= 15 is 0 Å². The Balaban J connectivity index is 2.28. The van der Waals surface area contributed by atoms with Crippen molar-refractivity contribution in [1.29, 1.82) is 0 Å². The molecule has 116 valence electrons. The van der Waals surface area contributed by atoms with Crippen molar-refractivity contribution in [2.75, 3.05) is 13.1 Å². The quantitative estimate of drug-likeness (QED) is 0.906. The topological polar surface area (TPSA) is 62.5 Å². The number of alkyl halides is 3. The first-order valence-corrected chi connectivity index (χ1v) is 6.37. The smallest absolute Gasteiger partial charge is 0.406 e. The van der Waals surface area contributed by atoms with Gasteiger partial charge in [-0.1, -0.05) is 11.6 Å². The highest BCUT2D eigenvalue weighted by atomic mass is 35.5. The third kappa shape index (κ3) is 2.48. The molecule has 1 unspecified atom stereocenters. The molecule has 1 aliphatic rings. The Morgan fingerprint density at radius 2 is 2.05 bits per heavy atom. The Morgan fingerprint density at radius 3 is 2.43 bits per heavy atom. The lowest BCUT2D eigenvalue weighted by atomic mass is 9.86. The molecule has 5 nitrogen and oxygen atoms in total. The molecular weight excluding hydrogens is 313 g/mol. The number of carboxylic acids is 1. The molecule has 1 aromatic rings. The molecule has 1 aliphatic heterocycles. The number of likely N-dealkylation sites (tertiary alicyclic amines) is 1. The maximum atomic E-state index is 13.0. The highest BCUT2D eigenvalue weighted by Gasteiger charge is 2.64. The highest BCUT2D eigenvalue weighted by molar-refractivity contribution is 6.31. The van der Waals surface area contributed by atoms with E-state index in [-0.39, 0.29) is 17.3 Å². The lowest BCUT2D eigenvalue weighted by molar-refractivity contribution is -0.227. The van der Waals surface area contributed by atoms with Crippen LogP contribution in [-0.4, -0.2) is 45.7 Å². The third-order valence-electron chi connectivity index (χ3n) is 3.70. The van der Waals surface area contributed by atoms with Crippen LogP contribution in [0.25, 0.3) is 0 Å². The molecule has 1 aromatic heterocycles. The summed E-state index contributed by atoms with van der Waals surface area (Å²) in [5.41, 5.74) is -2.79. The molecular formula is C12H12ClF3N2O3. The molecule has 1 N–H and O–H groups in total. The van der Waals surface area contributed by atoms with E-state index in [1.165, 1.54) is 23.9 Å². The fourth-order valence-corrected chi connectivity index (χ4v) is 2.66. The van der Waals surface area contributed by atoms with Gasteiger partial charge >= 0.3 is 12.1 Å². The zero-order valence-corrected chi connectivity index (χ0v) is 11.7. The predicted molar refractivity (Wildman–Crippen MR) is 67.1 cm³/mol. The largest absolute Gasteiger partial charge is 0.481 e. The summed E-state index contributed by atoms with van der Waals surface area (Å²) in [6.45, 7) is -1.17. The van der Waals surface area contributed by atoms with E-state index in [4.69, 9.17) is 16.7 Å². The van der Waals surface area contributed by atoms with Crippen LogP contribution in [0.15, 0.2) is 12.3 Å². The number of amides is 1. The summed E-state index contributed by atoms with van der Waals surface area (Å²) in [4.78, 5) is 24.2. The first kappa shape index (κ1) is 15.7. The van der Waals surface area contributed by atoms with E-state index in [0.717, 1.165) is 4.90 Å². The second kappa shape index (κ2) is 4.94. The minimum absolute atomic E-state index is 0.114. The van der Waals surface area contributed by atoms with Crippen LogP contribution in [-0.2, 0) is 11.8 Å². The monoisotopic (exact) mass is 324 g/mol. The van der Waals surface area contributed by atoms with Crippen molar-refractivity contribution < 1.29 is 27.9 Å². The van der Waals surface area contributed by atoms with Crippen LogP contribution in [0.5, 0.6) is 0 Å². The average molecular weight is 325 g/mol. The molecule has 0 radical (unpaired) electrons. The van der Waals surface area contributed by atoms with Crippen LogP contribution < -0.4 is 0 Å². The number of aromatic nitrogens is 1. The number of halogens is 4. The van der Waals surface area contributed by atoms with Crippen LogP contribution in [0.1, 0.15) is 16.9 Å². The van der Waals surface area contributed by atoms with Crippen molar-refractivity contribution in [3.63, 3.8) is 0 Å². The van der Waals surface area contributed by atoms with Gasteiger partial charge in [-0.25, -0.2) is 0 Å².